The number of nitrogens with zero attached hydrogens (tertiary/aromatic N) is 2. The van der Waals surface area contributed by atoms with Gasteiger partial charge >= 0.3 is 0 Å². The van der Waals surface area contributed by atoms with Crippen molar-refractivity contribution in [1.82, 2.24) is 4.90 Å². The molecule has 0 aliphatic carbocycles. The van der Waals surface area contributed by atoms with Crippen molar-refractivity contribution in [3.05, 3.63) is 30.3 Å². The molecule has 1 aromatic carbocycles. The number of para-hydroxylation sites is 1. The smallest absolute Gasteiger partial charge is 0.198 e. The van der Waals surface area contributed by atoms with E-state index in [2.05, 4.69) is 15.2 Å². The van der Waals surface area contributed by atoms with Gasteiger partial charge in [0, 0.05) is 19.3 Å². The van der Waals surface area contributed by atoms with Crippen LogP contribution >= 0.6 is 12.4 Å². The zero-order valence-corrected chi connectivity index (χ0v) is 8.92. The molecule has 1 heterocycles. The number of rotatable bonds is 1. The first-order valence-corrected chi connectivity index (χ1v) is 4.44. The van der Waals surface area contributed by atoms with E-state index in [1.165, 1.54) is 0 Å². The van der Waals surface area contributed by atoms with E-state index in [0.717, 1.165) is 24.7 Å². The Hall–Kier alpha value is -1.22. The molecule has 0 radical (unpaired) electrons. The molecule has 0 amide bonds. The van der Waals surface area contributed by atoms with Gasteiger partial charge in [0.2, 0.25) is 0 Å². The van der Waals surface area contributed by atoms with E-state index in [0.29, 0.717) is 0 Å². The lowest BCUT2D eigenvalue weighted by molar-refractivity contribution is 0.555. The molecule has 2 rings (SSSR count). The number of likely N-dealkylation sites (N-methyl/N-ethyl adjacent to an activating group) is 1. The van der Waals surface area contributed by atoms with Crippen LogP contribution in [0.4, 0.5) is 5.69 Å². The van der Waals surface area contributed by atoms with Crippen LogP contribution in [0.15, 0.2) is 35.3 Å². The van der Waals surface area contributed by atoms with E-state index in [9.17, 15) is 0 Å². The molecule has 3 nitrogen and oxygen atoms in total. The Kier molecular flexibility index (Phi) is 3.77. The van der Waals surface area contributed by atoms with Crippen molar-refractivity contribution in [3.63, 3.8) is 0 Å². The standard InChI is InChI=1S/C10H13N3.ClH/c1-13-8-7-11-10(13)12-9-5-3-2-4-6-9;/h2-6H,7-8H2,1H3,(H,11,12);1H. The van der Waals surface area contributed by atoms with Gasteiger partial charge in [0.15, 0.2) is 5.96 Å². The molecule has 0 fully saturated rings. The van der Waals surface area contributed by atoms with E-state index in [4.69, 9.17) is 0 Å². The van der Waals surface area contributed by atoms with Gasteiger partial charge in [0.25, 0.3) is 0 Å². The molecule has 0 unspecified atom stereocenters. The lowest BCUT2D eigenvalue weighted by atomic mass is 10.3. The third-order valence-electron chi connectivity index (χ3n) is 2.09. The first-order chi connectivity index (χ1) is 6.36. The van der Waals surface area contributed by atoms with Gasteiger partial charge in [-0.05, 0) is 12.1 Å². The second-order valence-electron chi connectivity index (χ2n) is 3.12. The average molecular weight is 212 g/mol. The summed E-state index contributed by atoms with van der Waals surface area (Å²) in [7, 11) is 2.04. The highest BCUT2D eigenvalue weighted by Gasteiger charge is 2.11. The van der Waals surface area contributed by atoms with Gasteiger partial charge in [-0.15, -0.1) is 12.4 Å². The molecule has 14 heavy (non-hydrogen) atoms. The maximum atomic E-state index is 4.34. The molecule has 1 aliphatic rings. The van der Waals surface area contributed by atoms with Crippen molar-refractivity contribution in [2.24, 2.45) is 4.99 Å². The summed E-state index contributed by atoms with van der Waals surface area (Å²) < 4.78 is 0. The number of benzene rings is 1. The summed E-state index contributed by atoms with van der Waals surface area (Å²) in [5.74, 6) is 0.964. The van der Waals surface area contributed by atoms with E-state index in [1.807, 2.05) is 37.4 Å². The third-order valence-corrected chi connectivity index (χ3v) is 2.09. The van der Waals surface area contributed by atoms with Gasteiger partial charge in [0.1, 0.15) is 0 Å². The van der Waals surface area contributed by atoms with Gasteiger partial charge in [-0.3, -0.25) is 4.99 Å². The minimum Gasteiger partial charge on any atom is -0.344 e. The highest BCUT2D eigenvalue weighted by atomic mass is 35.5. The molecule has 76 valence electrons. The van der Waals surface area contributed by atoms with Crippen molar-refractivity contribution in [2.75, 3.05) is 25.5 Å². The predicted octanol–water partition coefficient (Wildman–Crippen LogP) is 1.82. The number of hydrogen-bond acceptors (Lipinski definition) is 3. The molecule has 4 heteroatoms. The minimum atomic E-state index is 0. The summed E-state index contributed by atoms with van der Waals surface area (Å²) in [6, 6.07) is 10.1. The van der Waals surface area contributed by atoms with Crippen molar-refractivity contribution in [2.45, 2.75) is 0 Å². The topological polar surface area (TPSA) is 27.6 Å². The second-order valence-corrected chi connectivity index (χ2v) is 3.12. The van der Waals surface area contributed by atoms with Crippen LogP contribution in [-0.2, 0) is 0 Å². The van der Waals surface area contributed by atoms with Gasteiger partial charge in [0.05, 0.1) is 6.54 Å². The SMILES string of the molecule is CN1CCN=C1Nc1ccccc1.Cl. The lowest BCUT2D eigenvalue weighted by Gasteiger charge is -2.14. The fourth-order valence-electron chi connectivity index (χ4n) is 1.32. The molecular formula is C10H14ClN3. The summed E-state index contributed by atoms with van der Waals surface area (Å²) in [4.78, 5) is 6.46. The number of anilines is 1. The molecule has 0 saturated heterocycles. The summed E-state index contributed by atoms with van der Waals surface area (Å²) in [6.45, 7) is 1.90. The number of guanidine groups is 1. The van der Waals surface area contributed by atoms with Crippen LogP contribution in [0, 0.1) is 0 Å². The second kappa shape index (κ2) is 4.86. The largest absolute Gasteiger partial charge is 0.344 e. The summed E-state index contributed by atoms with van der Waals surface area (Å²) in [6.07, 6.45) is 0. The molecule has 1 N–H and O–H groups in total. The van der Waals surface area contributed by atoms with Crippen LogP contribution in [-0.4, -0.2) is 31.0 Å². The van der Waals surface area contributed by atoms with Crippen molar-refractivity contribution >= 4 is 24.1 Å². The van der Waals surface area contributed by atoms with E-state index < -0.39 is 0 Å². The van der Waals surface area contributed by atoms with E-state index in [1.54, 1.807) is 0 Å². The first-order valence-electron chi connectivity index (χ1n) is 4.44. The van der Waals surface area contributed by atoms with Gasteiger partial charge in [-0.25, -0.2) is 0 Å². The monoisotopic (exact) mass is 211 g/mol. The highest BCUT2D eigenvalue weighted by molar-refractivity contribution is 5.94. The minimum absolute atomic E-state index is 0. The molecule has 1 aliphatic heterocycles. The van der Waals surface area contributed by atoms with Crippen LogP contribution in [0.5, 0.6) is 0 Å². The van der Waals surface area contributed by atoms with Crippen LogP contribution in [0.2, 0.25) is 0 Å². The Morgan fingerprint density at radius 2 is 2.00 bits per heavy atom. The number of aliphatic imine (C=N–C) groups is 1. The molecule has 0 atom stereocenters. The van der Waals surface area contributed by atoms with Gasteiger partial charge < -0.3 is 10.2 Å². The summed E-state index contributed by atoms with van der Waals surface area (Å²) in [5, 5.41) is 3.27. The lowest BCUT2D eigenvalue weighted by Crippen LogP contribution is -2.28. The van der Waals surface area contributed by atoms with E-state index in [-0.39, 0.29) is 12.4 Å². The van der Waals surface area contributed by atoms with Crippen molar-refractivity contribution in [1.29, 1.82) is 0 Å². The molecule has 0 saturated carbocycles. The summed E-state index contributed by atoms with van der Waals surface area (Å²) >= 11 is 0. The number of nitrogens with one attached hydrogen (secondary N) is 1. The van der Waals surface area contributed by atoms with Crippen LogP contribution in [0.25, 0.3) is 0 Å². The first kappa shape index (κ1) is 10.9. The zero-order valence-electron chi connectivity index (χ0n) is 8.10. The molecule has 0 bridgehead atoms. The van der Waals surface area contributed by atoms with Gasteiger partial charge in [-0.2, -0.15) is 0 Å². The predicted molar refractivity (Wildman–Crippen MR) is 62.2 cm³/mol. The normalized spacial score (nSPS) is 14.6. The maximum Gasteiger partial charge on any atom is 0.198 e. The van der Waals surface area contributed by atoms with Crippen LogP contribution in [0.3, 0.4) is 0 Å². The quantitative estimate of drug-likeness (QED) is 0.768. The Bertz CT molecular complexity index is 310. The average Bonchev–Trinajstić information content (AvgIpc) is 2.54. The Balaban J connectivity index is 0.000000980. The van der Waals surface area contributed by atoms with Gasteiger partial charge in [-0.1, -0.05) is 18.2 Å². The van der Waals surface area contributed by atoms with Crippen LogP contribution in [0.1, 0.15) is 0 Å². The molecule has 0 spiro atoms. The molecular weight excluding hydrogens is 198 g/mol. The number of hydrogen-bond donors (Lipinski definition) is 1. The summed E-state index contributed by atoms with van der Waals surface area (Å²) in [5.41, 5.74) is 1.09. The van der Waals surface area contributed by atoms with Crippen LogP contribution < -0.4 is 5.32 Å². The van der Waals surface area contributed by atoms with Crippen molar-refractivity contribution in [3.8, 4) is 0 Å². The Morgan fingerprint density at radius 1 is 1.29 bits per heavy atom. The maximum absolute atomic E-state index is 4.34. The fourth-order valence-corrected chi connectivity index (χ4v) is 1.32. The fraction of sp³-hybridized carbons (Fsp3) is 0.300. The van der Waals surface area contributed by atoms with E-state index >= 15 is 0 Å². The van der Waals surface area contributed by atoms with Crippen molar-refractivity contribution < 1.29 is 0 Å². The third kappa shape index (κ3) is 2.39. The zero-order chi connectivity index (χ0) is 9.10. The molecule has 0 aromatic heterocycles. The number of halogens is 1. The highest BCUT2D eigenvalue weighted by Crippen LogP contribution is 2.07. The Labute approximate surface area is 90.2 Å². The molecule has 1 aromatic rings. The Morgan fingerprint density at radius 3 is 2.57 bits per heavy atom.